The summed E-state index contributed by atoms with van der Waals surface area (Å²) in [6.07, 6.45) is -2.38. The van der Waals surface area contributed by atoms with Gasteiger partial charge in [0, 0.05) is 25.2 Å². The number of urea groups is 1. The first kappa shape index (κ1) is 23.5. The van der Waals surface area contributed by atoms with Gasteiger partial charge in [0.05, 0.1) is 24.3 Å². The second kappa shape index (κ2) is 9.32. The van der Waals surface area contributed by atoms with E-state index >= 15 is 0 Å². The predicted molar refractivity (Wildman–Crippen MR) is 117 cm³/mol. The van der Waals surface area contributed by atoms with Gasteiger partial charge < -0.3 is 15.0 Å². The average Bonchev–Trinajstić information content (AvgIpc) is 3.40. The molecule has 4 rings (SSSR count). The van der Waals surface area contributed by atoms with Crippen molar-refractivity contribution in [2.45, 2.75) is 45.1 Å². The van der Waals surface area contributed by atoms with Crippen LogP contribution in [0.2, 0.25) is 0 Å². The van der Waals surface area contributed by atoms with Gasteiger partial charge in [-0.2, -0.15) is 5.10 Å². The smallest absolute Gasteiger partial charge is 0.388 e. The predicted octanol–water partition coefficient (Wildman–Crippen LogP) is 3.77. The van der Waals surface area contributed by atoms with E-state index in [2.05, 4.69) is 20.1 Å². The SMILES string of the molecule is Cc1ccc(C2=NN(C(=O)N[C@H](C)c3ccc(OC(F)(F)F)nc3)C[C@@H]2N2CCCC2=O)cc1. The van der Waals surface area contributed by atoms with Gasteiger partial charge in [-0.25, -0.2) is 14.8 Å². The quantitative estimate of drug-likeness (QED) is 0.713. The monoisotopic (exact) mass is 475 g/mol. The molecule has 3 amide bonds. The zero-order valence-corrected chi connectivity index (χ0v) is 18.7. The van der Waals surface area contributed by atoms with Crippen LogP contribution in [-0.2, 0) is 4.79 Å². The van der Waals surface area contributed by atoms with E-state index in [0.29, 0.717) is 24.2 Å². The van der Waals surface area contributed by atoms with Gasteiger partial charge in [0.15, 0.2) is 0 Å². The first-order chi connectivity index (χ1) is 16.1. The maximum atomic E-state index is 13.0. The number of likely N-dealkylation sites (tertiary alicyclic amines) is 1. The van der Waals surface area contributed by atoms with Crippen LogP contribution in [0, 0.1) is 6.92 Å². The molecule has 1 N–H and O–H groups in total. The van der Waals surface area contributed by atoms with Crippen LogP contribution in [0.4, 0.5) is 18.0 Å². The highest BCUT2D eigenvalue weighted by Crippen LogP contribution is 2.25. The number of pyridine rings is 1. The van der Waals surface area contributed by atoms with Crippen molar-refractivity contribution in [1.29, 1.82) is 0 Å². The van der Waals surface area contributed by atoms with E-state index in [0.717, 1.165) is 23.6 Å². The minimum atomic E-state index is -4.83. The Morgan fingerprint density at radius 3 is 2.53 bits per heavy atom. The Labute approximate surface area is 194 Å². The second-order valence-corrected chi connectivity index (χ2v) is 8.29. The van der Waals surface area contributed by atoms with Crippen molar-refractivity contribution in [1.82, 2.24) is 20.2 Å². The van der Waals surface area contributed by atoms with Crippen LogP contribution in [0.5, 0.6) is 5.88 Å². The third-order valence-electron chi connectivity index (χ3n) is 5.78. The second-order valence-electron chi connectivity index (χ2n) is 8.29. The Morgan fingerprint density at radius 1 is 1.21 bits per heavy atom. The third-order valence-corrected chi connectivity index (χ3v) is 5.78. The molecule has 3 heterocycles. The molecule has 0 radical (unpaired) electrons. The van der Waals surface area contributed by atoms with Crippen molar-refractivity contribution in [3.8, 4) is 5.88 Å². The number of nitrogens with zero attached hydrogens (tertiary/aromatic N) is 4. The number of hydrazone groups is 1. The Kier molecular flexibility index (Phi) is 6.45. The number of rotatable bonds is 5. The Morgan fingerprint density at radius 2 is 1.94 bits per heavy atom. The fourth-order valence-corrected chi connectivity index (χ4v) is 4.01. The van der Waals surface area contributed by atoms with Crippen molar-refractivity contribution in [2.24, 2.45) is 5.10 Å². The van der Waals surface area contributed by atoms with Crippen molar-refractivity contribution in [2.75, 3.05) is 13.1 Å². The van der Waals surface area contributed by atoms with E-state index in [9.17, 15) is 22.8 Å². The molecule has 11 heteroatoms. The average molecular weight is 475 g/mol. The zero-order chi connectivity index (χ0) is 24.5. The molecule has 1 aromatic carbocycles. The Hall–Kier alpha value is -3.63. The van der Waals surface area contributed by atoms with Crippen LogP contribution in [0.25, 0.3) is 0 Å². The molecule has 8 nitrogen and oxygen atoms in total. The third kappa shape index (κ3) is 5.29. The van der Waals surface area contributed by atoms with Gasteiger partial charge in [0.1, 0.15) is 0 Å². The summed E-state index contributed by atoms with van der Waals surface area (Å²) in [6, 6.07) is 8.84. The first-order valence-electron chi connectivity index (χ1n) is 10.9. The molecule has 34 heavy (non-hydrogen) atoms. The molecule has 1 saturated heterocycles. The zero-order valence-electron chi connectivity index (χ0n) is 18.7. The number of nitrogens with one attached hydrogen (secondary N) is 1. The lowest BCUT2D eigenvalue weighted by molar-refractivity contribution is -0.276. The summed E-state index contributed by atoms with van der Waals surface area (Å²) in [5.41, 5.74) is 3.06. The summed E-state index contributed by atoms with van der Waals surface area (Å²) in [5, 5.41) is 8.60. The number of halogens is 3. The van der Waals surface area contributed by atoms with E-state index in [1.807, 2.05) is 31.2 Å². The van der Waals surface area contributed by atoms with Crippen molar-refractivity contribution in [3.63, 3.8) is 0 Å². The summed E-state index contributed by atoms with van der Waals surface area (Å²) in [7, 11) is 0. The number of aryl methyl sites for hydroxylation is 1. The van der Waals surface area contributed by atoms with Gasteiger partial charge in [-0.15, -0.1) is 13.2 Å². The van der Waals surface area contributed by atoms with Crippen molar-refractivity contribution in [3.05, 3.63) is 59.3 Å². The largest absolute Gasteiger partial charge is 0.574 e. The minimum Gasteiger partial charge on any atom is -0.388 e. The Bertz CT molecular complexity index is 1090. The van der Waals surface area contributed by atoms with E-state index in [1.54, 1.807) is 11.8 Å². The van der Waals surface area contributed by atoms with Gasteiger partial charge in [-0.1, -0.05) is 35.9 Å². The topological polar surface area (TPSA) is 87.1 Å². The van der Waals surface area contributed by atoms with E-state index in [-0.39, 0.29) is 18.5 Å². The van der Waals surface area contributed by atoms with E-state index < -0.39 is 24.3 Å². The van der Waals surface area contributed by atoms with E-state index in [1.165, 1.54) is 17.3 Å². The maximum Gasteiger partial charge on any atom is 0.574 e. The molecule has 2 aromatic rings. The number of hydrogen-bond donors (Lipinski definition) is 1. The lowest BCUT2D eigenvalue weighted by Crippen LogP contribution is -2.46. The highest BCUT2D eigenvalue weighted by atomic mass is 19.4. The number of ether oxygens (including phenoxy) is 1. The maximum absolute atomic E-state index is 13.0. The molecule has 0 saturated carbocycles. The lowest BCUT2D eigenvalue weighted by atomic mass is 10.0. The molecule has 180 valence electrons. The molecule has 0 aliphatic carbocycles. The highest BCUT2D eigenvalue weighted by Gasteiger charge is 2.39. The number of aromatic nitrogens is 1. The number of alkyl halides is 3. The molecular formula is C23H24F3N5O3. The molecular weight excluding hydrogens is 451 g/mol. The highest BCUT2D eigenvalue weighted by molar-refractivity contribution is 6.08. The number of carbonyl (C=O) groups is 2. The summed E-state index contributed by atoms with van der Waals surface area (Å²) in [6.45, 7) is 4.48. The van der Waals surface area contributed by atoms with Crippen molar-refractivity contribution >= 4 is 17.6 Å². The minimum absolute atomic E-state index is 0.0349. The first-order valence-corrected chi connectivity index (χ1v) is 10.9. The summed E-state index contributed by atoms with van der Waals surface area (Å²) in [4.78, 5) is 30.8. The van der Waals surface area contributed by atoms with Crippen LogP contribution in [0.15, 0.2) is 47.7 Å². The Balaban J connectivity index is 1.48. The molecule has 0 spiro atoms. The number of amides is 3. The summed E-state index contributed by atoms with van der Waals surface area (Å²) in [5.74, 6) is -0.549. The van der Waals surface area contributed by atoms with E-state index in [4.69, 9.17) is 0 Å². The molecule has 0 bridgehead atoms. The van der Waals surface area contributed by atoms with Crippen LogP contribution in [0.3, 0.4) is 0 Å². The number of hydrogen-bond acceptors (Lipinski definition) is 5. The number of benzene rings is 1. The molecule has 2 aliphatic heterocycles. The molecule has 1 aromatic heterocycles. The molecule has 0 unspecified atom stereocenters. The van der Waals surface area contributed by atoms with Gasteiger partial charge in [-0.05, 0) is 31.4 Å². The fourth-order valence-electron chi connectivity index (χ4n) is 4.01. The van der Waals surface area contributed by atoms with Crippen molar-refractivity contribution < 1.29 is 27.5 Å². The van der Waals surface area contributed by atoms with Crippen LogP contribution >= 0.6 is 0 Å². The standard InChI is InChI=1S/C23H24F3N5O3/c1-14-5-7-16(8-6-14)21-18(30-11-3-4-20(30)32)13-31(29-21)22(33)28-15(2)17-9-10-19(27-12-17)34-23(24,25)26/h5-10,12,15,18H,3-4,11,13H2,1-2H3,(H,28,33)/t15-,18+/m1/s1. The van der Waals surface area contributed by atoms with Gasteiger partial charge in [0.25, 0.3) is 0 Å². The normalized spacial score (nSPS) is 19.3. The lowest BCUT2D eigenvalue weighted by Gasteiger charge is -2.25. The molecule has 2 atom stereocenters. The van der Waals surface area contributed by atoms with Gasteiger partial charge in [0.2, 0.25) is 11.8 Å². The number of carbonyl (C=O) groups excluding carboxylic acids is 2. The fraction of sp³-hybridized carbons (Fsp3) is 0.391. The van der Waals surface area contributed by atoms with Crippen LogP contribution in [0.1, 0.15) is 42.5 Å². The van der Waals surface area contributed by atoms with Crippen LogP contribution < -0.4 is 10.1 Å². The summed E-state index contributed by atoms with van der Waals surface area (Å²) < 4.78 is 40.7. The molecule has 1 fully saturated rings. The van der Waals surface area contributed by atoms with Gasteiger partial charge >= 0.3 is 12.4 Å². The van der Waals surface area contributed by atoms with Crippen LogP contribution in [-0.4, -0.2) is 58.0 Å². The summed E-state index contributed by atoms with van der Waals surface area (Å²) >= 11 is 0. The molecule has 2 aliphatic rings. The van der Waals surface area contributed by atoms with Gasteiger partial charge in [-0.3, -0.25) is 4.79 Å².